The van der Waals surface area contributed by atoms with Gasteiger partial charge in [-0.05, 0) is 38.8 Å². The number of hydrogen-bond acceptors (Lipinski definition) is 6. The van der Waals surface area contributed by atoms with Crippen LogP contribution in [0.5, 0.6) is 5.75 Å². The lowest BCUT2D eigenvalue weighted by molar-refractivity contribution is 0.372. The van der Waals surface area contributed by atoms with E-state index in [1.165, 1.54) is 0 Å². The first-order chi connectivity index (χ1) is 13.7. The number of aromatic nitrogens is 2. The van der Waals surface area contributed by atoms with E-state index < -0.39 is 0 Å². The van der Waals surface area contributed by atoms with Crippen LogP contribution in [0.4, 0.5) is 5.69 Å². The predicted octanol–water partition coefficient (Wildman–Crippen LogP) is 2.15. The summed E-state index contributed by atoms with van der Waals surface area (Å²) in [7, 11) is 1.72. The molecule has 1 aliphatic heterocycles. The molecule has 1 fully saturated rings. The number of benzene rings is 1. The minimum Gasteiger partial charge on any atom is -0.495 e. The van der Waals surface area contributed by atoms with E-state index in [1.54, 1.807) is 7.11 Å². The van der Waals surface area contributed by atoms with E-state index in [9.17, 15) is 0 Å². The van der Waals surface area contributed by atoms with E-state index in [1.807, 2.05) is 19.1 Å². The normalized spacial score (nSPS) is 17.0. The standard InChI is InChI=1S/C20H30N6O2/c1-4-21-20(22-12-7-10-19-23-15(2)25-28-19)24-16-11-13-26(14-16)17-8-5-6-9-18(17)27-3/h5-6,8-9,16H,4,7,10-14H2,1-3H3,(H2,21,22,24). The molecular weight excluding hydrogens is 356 g/mol. The molecule has 0 amide bonds. The van der Waals surface area contributed by atoms with Crippen LogP contribution in [0.2, 0.25) is 0 Å². The first-order valence-electron chi connectivity index (χ1n) is 9.91. The minimum atomic E-state index is 0.348. The van der Waals surface area contributed by atoms with E-state index in [0.717, 1.165) is 56.3 Å². The number of rotatable bonds is 8. The minimum absolute atomic E-state index is 0.348. The van der Waals surface area contributed by atoms with Crippen molar-refractivity contribution in [1.82, 2.24) is 20.8 Å². The fraction of sp³-hybridized carbons (Fsp3) is 0.550. The highest BCUT2D eigenvalue weighted by atomic mass is 16.5. The molecule has 2 N–H and O–H groups in total. The van der Waals surface area contributed by atoms with Crippen LogP contribution in [0.1, 0.15) is 31.5 Å². The molecule has 8 nitrogen and oxygen atoms in total. The van der Waals surface area contributed by atoms with Gasteiger partial charge in [-0.25, -0.2) is 0 Å². The smallest absolute Gasteiger partial charge is 0.226 e. The molecule has 0 aliphatic carbocycles. The molecule has 3 rings (SSSR count). The van der Waals surface area contributed by atoms with E-state index >= 15 is 0 Å². The number of guanidine groups is 1. The Morgan fingerprint density at radius 1 is 1.39 bits per heavy atom. The van der Waals surface area contributed by atoms with Gasteiger partial charge in [0.25, 0.3) is 0 Å². The number of aryl methyl sites for hydroxylation is 2. The molecule has 2 heterocycles. The fourth-order valence-electron chi connectivity index (χ4n) is 3.36. The van der Waals surface area contributed by atoms with E-state index in [2.05, 4.69) is 44.7 Å². The van der Waals surface area contributed by atoms with Gasteiger partial charge >= 0.3 is 0 Å². The van der Waals surface area contributed by atoms with Gasteiger partial charge in [-0.3, -0.25) is 4.99 Å². The Morgan fingerprint density at radius 3 is 3.00 bits per heavy atom. The molecule has 1 saturated heterocycles. The molecule has 1 unspecified atom stereocenters. The molecule has 2 aromatic rings. The largest absolute Gasteiger partial charge is 0.495 e. The second-order valence-electron chi connectivity index (χ2n) is 6.85. The summed E-state index contributed by atoms with van der Waals surface area (Å²) >= 11 is 0. The maximum atomic E-state index is 5.50. The highest BCUT2D eigenvalue weighted by Crippen LogP contribution is 2.30. The highest BCUT2D eigenvalue weighted by molar-refractivity contribution is 5.80. The van der Waals surface area contributed by atoms with Gasteiger partial charge in [0.1, 0.15) is 5.75 Å². The van der Waals surface area contributed by atoms with Gasteiger partial charge in [-0.15, -0.1) is 0 Å². The number of anilines is 1. The lowest BCUT2D eigenvalue weighted by Gasteiger charge is -2.22. The van der Waals surface area contributed by atoms with Crippen LogP contribution in [0.25, 0.3) is 0 Å². The Balaban J connectivity index is 1.51. The molecule has 1 aromatic carbocycles. The highest BCUT2D eigenvalue weighted by Gasteiger charge is 2.25. The number of aliphatic imine (C=N–C) groups is 1. The summed E-state index contributed by atoms with van der Waals surface area (Å²) in [4.78, 5) is 11.3. The summed E-state index contributed by atoms with van der Waals surface area (Å²) in [5.41, 5.74) is 1.14. The summed E-state index contributed by atoms with van der Waals surface area (Å²) in [5.74, 6) is 3.12. The lowest BCUT2D eigenvalue weighted by atomic mass is 10.2. The molecule has 152 valence electrons. The third kappa shape index (κ3) is 5.37. The number of nitrogens with zero attached hydrogens (tertiary/aromatic N) is 4. The number of ether oxygens (including phenoxy) is 1. The third-order valence-electron chi connectivity index (χ3n) is 4.69. The quantitative estimate of drug-likeness (QED) is 0.408. The topological polar surface area (TPSA) is 87.8 Å². The van der Waals surface area contributed by atoms with Crippen LogP contribution in [0.15, 0.2) is 33.8 Å². The van der Waals surface area contributed by atoms with Crippen molar-refractivity contribution in [3.63, 3.8) is 0 Å². The monoisotopic (exact) mass is 386 g/mol. The van der Waals surface area contributed by atoms with Crippen LogP contribution in [-0.2, 0) is 6.42 Å². The molecule has 28 heavy (non-hydrogen) atoms. The summed E-state index contributed by atoms with van der Waals surface area (Å²) in [5, 5.41) is 10.7. The number of hydrogen-bond donors (Lipinski definition) is 2. The van der Waals surface area contributed by atoms with Crippen molar-refractivity contribution in [3.8, 4) is 5.75 Å². The van der Waals surface area contributed by atoms with Crippen LogP contribution in [0.3, 0.4) is 0 Å². The zero-order chi connectivity index (χ0) is 19.8. The number of methoxy groups -OCH3 is 1. The Labute approximate surface area is 166 Å². The van der Waals surface area contributed by atoms with Crippen LogP contribution in [0, 0.1) is 6.92 Å². The maximum Gasteiger partial charge on any atom is 0.226 e. The molecule has 0 spiro atoms. The molecule has 0 bridgehead atoms. The summed E-state index contributed by atoms with van der Waals surface area (Å²) in [6.45, 7) is 7.36. The summed E-state index contributed by atoms with van der Waals surface area (Å²) < 4.78 is 10.6. The van der Waals surface area contributed by atoms with Gasteiger partial charge < -0.3 is 24.8 Å². The Bertz CT molecular complexity index is 776. The zero-order valence-electron chi connectivity index (χ0n) is 16.9. The SMILES string of the molecule is CCNC(=NCCCc1nc(C)no1)NC1CCN(c2ccccc2OC)C1. The van der Waals surface area contributed by atoms with Crippen molar-refractivity contribution in [2.75, 3.05) is 38.2 Å². The van der Waals surface area contributed by atoms with Crippen LogP contribution >= 0.6 is 0 Å². The van der Waals surface area contributed by atoms with Gasteiger partial charge in [-0.1, -0.05) is 17.3 Å². The second kappa shape index (κ2) is 9.96. The van der Waals surface area contributed by atoms with Crippen LogP contribution in [-0.4, -0.2) is 55.4 Å². The average Bonchev–Trinajstić information content (AvgIpc) is 3.34. The first kappa shape index (κ1) is 20.0. The van der Waals surface area contributed by atoms with Gasteiger partial charge in [0.15, 0.2) is 11.8 Å². The van der Waals surface area contributed by atoms with Crippen molar-refractivity contribution in [3.05, 3.63) is 36.0 Å². The third-order valence-corrected chi connectivity index (χ3v) is 4.69. The van der Waals surface area contributed by atoms with Crippen LogP contribution < -0.4 is 20.3 Å². The Morgan fingerprint density at radius 2 is 2.25 bits per heavy atom. The van der Waals surface area contributed by atoms with E-state index in [4.69, 9.17) is 14.3 Å². The second-order valence-corrected chi connectivity index (χ2v) is 6.85. The summed E-state index contributed by atoms with van der Waals surface area (Å²) in [6.07, 6.45) is 2.68. The maximum absolute atomic E-state index is 5.50. The van der Waals surface area contributed by atoms with Crippen molar-refractivity contribution in [1.29, 1.82) is 0 Å². The Hall–Kier alpha value is -2.77. The average molecular weight is 387 g/mol. The lowest BCUT2D eigenvalue weighted by Crippen LogP contribution is -2.44. The summed E-state index contributed by atoms with van der Waals surface area (Å²) in [6, 6.07) is 8.52. The Kier molecular flexibility index (Phi) is 7.11. The molecule has 1 atom stereocenters. The van der Waals surface area contributed by atoms with Crippen molar-refractivity contribution >= 4 is 11.6 Å². The zero-order valence-corrected chi connectivity index (χ0v) is 16.9. The van der Waals surface area contributed by atoms with E-state index in [0.29, 0.717) is 24.3 Å². The molecular formula is C20H30N6O2. The molecule has 1 aliphatic rings. The molecule has 1 aromatic heterocycles. The molecule has 8 heteroatoms. The van der Waals surface area contributed by atoms with E-state index in [-0.39, 0.29) is 0 Å². The van der Waals surface area contributed by atoms with Crippen molar-refractivity contribution < 1.29 is 9.26 Å². The van der Waals surface area contributed by atoms with Gasteiger partial charge in [0, 0.05) is 38.6 Å². The van der Waals surface area contributed by atoms with Gasteiger partial charge in [-0.2, -0.15) is 4.98 Å². The fourth-order valence-corrected chi connectivity index (χ4v) is 3.36. The van der Waals surface area contributed by atoms with Crippen molar-refractivity contribution in [2.24, 2.45) is 4.99 Å². The van der Waals surface area contributed by atoms with Gasteiger partial charge in [0.05, 0.1) is 12.8 Å². The molecule has 0 radical (unpaired) electrons. The van der Waals surface area contributed by atoms with Gasteiger partial charge in [0.2, 0.25) is 5.89 Å². The molecule has 0 saturated carbocycles. The number of nitrogens with one attached hydrogen (secondary N) is 2. The van der Waals surface area contributed by atoms with Crippen molar-refractivity contribution in [2.45, 2.75) is 39.2 Å². The number of para-hydroxylation sites is 2. The predicted molar refractivity (Wildman–Crippen MR) is 110 cm³/mol. The first-order valence-corrected chi connectivity index (χ1v) is 9.91.